The molecule has 0 bridgehead atoms. The highest BCUT2D eigenvalue weighted by molar-refractivity contribution is 8.00. The summed E-state index contributed by atoms with van der Waals surface area (Å²) >= 11 is 1.56. The van der Waals surface area contributed by atoms with Gasteiger partial charge in [-0.25, -0.2) is 0 Å². The number of pyridine rings is 1. The lowest BCUT2D eigenvalue weighted by Gasteiger charge is -2.24. The summed E-state index contributed by atoms with van der Waals surface area (Å²) in [5.74, 6) is 0.356. The summed E-state index contributed by atoms with van der Waals surface area (Å²) in [6.45, 7) is 1.46. The molecule has 1 fully saturated rings. The van der Waals surface area contributed by atoms with Crippen molar-refractivity contribution in [1.82, 2.24) is 20.1 Å². The van der Waals surface area contributed by atoms with E-state index in [1.54, 1.807) is 41.3 Å². The number of nitrogens with one attached hydrogen (secondary N) is 1. The Kier molecular flexibility index (Phi) is 6.44. The Morgan fingerprint density at radius 1 is 1.17 bits per heavy atom. The van der Waals surface area contributed by atoms with E-state index in [0.29, 0.717) is 17.9 Å². The van der Waals surface area contributed by atoms with Crippen LogP contribution in [-0.2, 0) is 11.3 Å². The average Bonchev–Trinajstić information content (AvgIpc) is 3.44. The maximum Gasteiger partial charge on any atom is 0.251 e. The first-order valence-electron chi connectivity index (χ1n) is 9.91. The van der Waals surface area contributed by atoms with Gasteiger partial charge >= 0.3 is 0 Å². The lowest BCUT2D eigenvalue weighted by molar-refractivity contribution is -0.115. The van der Waals surface area contributed by atoms with Crippen LogP contribution in [0.4, 0.5) is 5.69 Å². The van der Waals surface area contributed by atoms with Crippen molar-refractivity contribution in [3.63, 3.8) is 0 Å². The van der Waals surface area contributed by atoms with Crippen molar-refractivity contribution < 1.29 is 9.59 Å². The highest BCUT2D eigenvalue weighted by atomic mass is 32.2. The molecule has 2 aromatic heterocycles. The Balaban J connectivity index is 1.37. The first-order chi connectivity index (χ1) is 14.7. The van der Waals surface area contributed by atoms with Gasteiger partial charge in [-0.15, -0.1) is 11.8 Å². The molecule has 1 saturated heterocycles. The maximum atomic E-state index is 12.6. The SMILES string of the molecule is O=C(NCCCCn1cccn1)c1cccc(C2SCC(=O)N2c2cccnc2)c1. The standard InChI is InChI=1S/C22H23N5O2S/c28-20-16-30-22(27(20)19-8-4-9-23-15-19)18-7-3-6-17(14-18)21(29)24-10-1-2-12-26-13-5-11-25-26/h3-9,11,13-15,22H,1-2,10,12,16H2,(H,24,29). The molecule has 1 atom stereocenters. The molecule has 2 amide bonds. The number of carbonyl (C=O) groups excluding carboxylic acids is 2. The molecular weight excluding hydrogens is 398 g/mol. The van der Waals surface area contributed by atoms with Crippen LogP contribution in [0.1, 0.15) is 34.1 Å². The van der Waals surface area contributed by atoms with Gasteiger partial charge < -0.3 is 5.32 Å². The first kappa shape index (κ1) is 20.2. The molecule has 1 aliphatic rings. The molecule has 7 nitrogen and oxygen atoms in total. The quantitative estimate of drug-likeness (QED) is 0.565. The number of aryl methyl sites for hydroxylation is 1. The minimum absolute atomic E-state index is 0.0463. The molecule has 8 heteroatoms. The minimum Gasteiger partial charge on any atom is -0.352 e. The van der Waals surface area contributed by atoms with Crippen LogP contribution in [0.2, 0.25) is 0 Å². The highest BCUT2D eigenvalue weighted by Crippen LogP contribution is 2.41. The van der Waals surface area contributed by atoms with E-state index < -0.39 is 0 Å². The second kappa shape index (κ2) is 9.58. The Morgan fingerprint density at radius 3 is 2.90 bits per heavy atom. The second-order valence-corrected chi connectivity index (χ2v) is 8.06. The van der Waals surface area contributed by atoms with Crippen LogP contribution in [-0.4, -0.2) is 38.9 Å². The largest absolute Gasteiger partial charge is 0.352 e. The molecule has 0 saturated carbocycles. The van der Waals surface area contributed by atoms with Crippen LogP contribution < -0.4 is 10.2 Å². The summed E-state index contributed by atoms with van der Waals surface area (Å²) in [5, 5.41) is 6.99. The summed E-state index contributed by atoms with van der Waals surface area (Å²) in [4.78, 5) is 30.9. The van der Waals surface area contributed by atoms with Gasteiger partial charge in [0.25, 0.3) is 5.91 Å². The molecule has 154 valence electrons. The number of anilines is 1. The van der Waals surface area contributed by atoms with Crippen molar-refractivity contribution in [2.45, 2.75) is 24.8 Å². The summed E-state index contributed by atoms with van der Waals surface area (Å²) in [6.07, 6.45) is 8.91. The van der Waals surface area contributed by atoms with Gasteiger partial charge in [-0.2, -0.15) is 5.10 Å². The van der Waals surface area contributed by atoms with Gasteiger partial charge in [0.2, 0.25) is 5.91 Å². The number of aromatic nitrogens is 3. The topological polar surface area (TPSA) is 80.1 Å². The molecule has 0 aliphatic carbocycles. The summed E-state index contributed by atoms with van der Waals surface area (Å²) in [5.41, 5.74) is 2.30. The van der Waals surface area contributed by atoms with E-state index in [9.17, 15) is 9.59 Å². The number of nitrogens with zero attached hydrogens (tertiary/aromatic N) is 4. The van der Waals surface area contributed by atoms with Gasteiger partial charge in [-0.05, 0) is 48.7 Å². The third-order valence-electron chi connectivity index (χ3n) is 4.88. The molecule has 1 aliphatic heterocycles. The lowest BCUT2D eigenvalue weighted by Crippen LogP contribution is -2.28. The second-order valence-electron chi connectivity index (χ2n) is 7.00. The van der Waals surface area contributed by atoms with E-state index in [0.717, 1.165) is 30.6 Å². The van der Waals surface area contributed by atoms with E-state index in [1.807, 2.05) is 47.3 Å². The fourth-order valence-corrected chi connectivity index (χ4v) is 4.58. The van der Waals surface area contributed by atoms with Crippen molar-refractivity contribution in [1.29, 1.82) is 0 Å². The number of carbonyl (C=O) groups is 2. The zero-order chi connectivity index (χ0) is 20.8. The van der Waals surface area contributed by atoms with Crippen LogP contribution in [0.3, 0.4) is 0 Å². The normalized spacial score (nSPS) is 16.1. The van der Waals surface area contributed by atoms with Crippen molar-refractivity contribution in [3.05, 3.63) is 78.4 Å². The zero-order valence-corrected chi connectivity index (χ0v) is 17.3. The number of amides is 2. The van der Waals surface area contributed by atoms with E-state index >= 15 is 0 Å². The van der Waals surface area contributed by atoms with Gasteiger partial charge in [0.15, 0.2) is 0 Å². The van der Waals surface area contributed by atoms with E-state index in [1.165, 1.54) is 0 Å². The third kappa shape index (κ3) is 4.71. The Hall–Kier alpha value is -3.13. The van der Waals surface area contributed by atoms with E-state index in [2.05, 4.69) is 15.4 Å². The number of benzene rings is 1. The van der Waals surface area contributed by atoms with Crippen molar-refractivity contribution in [3.8, 4) is 0 Å². The number of rotatable bonds is 8. The number of thioether (sulfide) groups is 1. The zero-order valence-electron chi connectivity index (χ0n) is 16.5. The third-order valence-corrected chi connectivity index (χ3v) is 6.10. The van der Waals surface area contributed by atoms with Gasteiger partial charge in [0, 0.05) is 37.2 Å². The van der Waals surface area contributed by atoms with Crippen LogP contribution in [0, 0.1) is 0 Å². The molecule has 1 unspecified atom stereocenters. The fraction of sp³-hybridized carbons (Fsp3) is 0.273. The lowest BCUT2D eigenvalue weighted by atomic mass is 10.1. The molecule has 30 heavy (non-hydrogen) atoms. The predicted molar refractivity (Wildman–Crippen MR) is 117 cm³/mol. The van der Waals surface area contributed by atoms with Gasteiger partial charge in [-0.3, -0.25) is 24.2 Å². The summed E-state index contributed by atoms with van der Waals surface area (Å²) in [7, 11) is 0. The monoisotopic (exact) mass is 421 g/mol. The molecule has 3 heterocycles. The van der Waals surface area contributed by atoms with Crippen molar-refractivity contribution >= 4 is 29.3 Å². The molecule has 4 rings (SSSR count). The molecule has 0 radical (unpaired) electrons. The highest BCUT2D eigenvalue weighted by Gasteiger charge is 2.34. The number of unbranched alkanes of at least 4 members (excludes halogenated alkanes) is 1. The number of hydrogen-bond acceptors (Lipinski definition) is 5. The Labute approximate surface area is 179 Å². The molecule has 0 spiro atoms. The summed E-state index contributed by atoms with van der Waals surface area (Å²) < 4.78 is 1.89. The Morgan fingerprint density at radius 2 is 2.10 bits per heavy atom. The fourth-order valence-electron chi connectivity index (χ4n) is 3.42. The molecule has 1 aromatic carbocycles. The molecule has 1 N–H and O–H groups in total. The van der Waals surface area contributed by atoms with Gasteiger partial charge in [-0.1, -0.05) is 12.1 Å². The smallest absolute Gasteiger partial charge is 0.251 e. The van der Waals surface area contributed by atoms with Crippen molar-refractivity contribution in [2.24, 2.45) is 0 Å². The Bertz CT molecular complexity index is 994. The maximum absolute atomic E-state index is 12.6. The first-order valence-corrected chi connectivity index (χ1v) is 11.0. The van der Waals surface area contributed by atoms with Crippen LogP contribution in [0.25, 0.3) is 0 Å². The van der Waals surface area contributed by atoms with Crippen LogP contribution in [0.5, 0.6) is 0 Å². The van der Waals surface area contributed by atoms with E-state index in [4.69, 9.17) is 0 Å². The molecule has 3 aromatic rings. The van der Waals surface area contributed by atoms with Crippen LogP contribution >= 0.6 is 11.8 Å². The predicted octanol–water partition coefficient (Wildman–Crippen LogP) is 3.27. The number of hydrogen-bond donors (Lipinski definition) is 1. The summed E-state index contributed by atoms with van der Waals surface area (Å²) in [6, 6.07) is 13.1. The minimum atomic E-state index is -0.163. The molecular formula is C22H23N5O2S. The van der Waals surface area contributed by atoms with Gasteiger partial charge in [0.1, 0.15) is 5.37 Å². The van der Waals surface area contributed by atoms with Gasteiger partial charge in [0.05, 0.1) is 17.6 Å². The van der Waals surface area contributed by atoms with Crippen molar-refractivity contribution in [2.75, 3.05) is 17.2 Å². The van der Waals surface area contributed by atoms with Crippen LogP contribution in [0.15, 0.2) is 67.3 Å². The average molecular weight is 422 g/mol. The van der Waals surface area contributed by atoms with E-state index in [-0.39, 0.29) is 17.2 Å².